The van der Waals surface area contributed by atoms with Crippen molar-refractivity contribution in [1.29, 1.82) is 0 Å². The molecule has 1 aromatic heterocycles. The number of nitro groups is 1. The zero-order valence-corrected chi connectivity index (χ0v) is 10.4. The normalized spacial score (nSPS) is 10.0. The molecular formula is C13H12N4O3. The molecule has 2 aromatic rings. The molecule has 1 aromatic carbocycles. The molecule has 0 unspecified atom stereocenters. The first-order valence-electron chi connectivity index (χ1n) is 5.79. The number of pyridine rings is 1. The lowest BCUT2D eigenvalue weighted by atomic mass is 10.2. The Labute approximate surface area is 114 Å². The van der Waals surface area contributed by atoms with Gasteiger partial charge in [-0.05, 0) is 24.3 Å². The standard InChI is InChI=1S/C13H12N4O3/c14-9-1-2-11(15-8-9)7-13(18)16-10-3-5-12(6-4-10)17(19)20/h1-6,8H,7,14H2,(H,16,18). The van der Waals surface area contributed by atoms with Gasteiger partial charge in [0.1, 0.15) is 0 Å². The van der Waals surface area contributed by atoms with Crippen LogP contribution in [0.3, 0.4) is 0 Å². The zero-order valence-electron chi connectivity index (χ0n) is 10.4. The first kappa shape index (κ1) is 13.5. The third-order valence-electron chi connectivity index (χ3n) is 2.55. The topological polar surface area (TPSA) is 111 Å². The van der Waals surface area contributed by atoms with Crippen LogP contribution in [0.2, 0.25) is 0 Å². The first-order chi connectivity index (χ1) is 9.54. The summed E-state index contributed by atoms with van der Waals surface area (Å²) in [5, 5.41) is 13.1. The number of aromatic nitrogens is 1. The van der Waals surface area contributed by atoms with Gasteiger partial charge in [0.2, 0.25) is 5.91 Å². The van der Waals surface area contributed by atoms with E-state index in [1.165, 1.54) is 30.5 Å². The van der Waals surface area contributed by atoms with Crippen LogP contribution in [0.25, 0.3) is 0 Å². The van der Waals surface area contributed by atoms with Crippen molar-refractivity contribution in [2.75, 3.05) is 11.1 Å². The Balaban J connectivity index is 1.97. The van der Waals surface area contributed by atoms with Crippen molar-refractivity contribution in [3.63, 3.8) is 0 Å². The van der Waals surface area contributed by atoms with E-state index in [1.807, 2.05) is 0 Å². The number of hydrogen-bond acceptors (Lipinski definition) is 5. The minimum Gasteiger partial charge on any atom is -0.397 e. The molecule has 0 atom stereocenters. The number of hydrogen-bond donors (Lipinski definition) is 2. The first-order valence-corrected chi connectivity index (χ1v) is 5.79. The van der Waals surface area contributed by atoms with Crippen molar-refractivity contribution in [1.82, 2.24) is 4.98 Å². The molecule has 0 spiro atoms. The number of amides is 1. The minimum absolute atomic E-state index is 0.0248. The van der Waals surface area contributed by atoms with E-state index in [9.17, 15) is 14.9 Å². The Morgan fingerprint density at radius 1 is 1.25 bits per heavy atom. The fourth-order valence-electron chi connectivity index (χ4n) is 1.58. The molecule has 7 heteroatoms. The highest BCUT2D eigenvalue weighted by Gasteiger charge is 2.07. The average Bonchev–Trinajstić information content (AvgIpc) is 2.42. The second kappa shape index (κ2) is 5.79. The maximum atomic E-state index is 11.8. The summed E-state index contributed by atoms with van der Waals surface area (Å²) in [6, 6.07) is 8.96. The van der Waals surface area contributed by atoms with Crippen molar-refractivity contribution in [3.8, 4) is 0 Å². The van der Waals surface area contributed by atoms with Crippen LogP contribution < -0.4 is 11.1 Å². The quantitative estimate of drug-likeness (QED) is 0.650. The van der Waals surface area contributed by atoms with Gasteiger partial charge in [-0.3, -0.25) is 19.9 Å². The Hall–Kier alpha value is -2.96. The summed E-state index contributed by atoms with van der Waals surface area (Å²) in [6.07, 6.45) is 1.59. The van der Waals surface area contributed by atoms with Gasteiger partial charge >= 0.3 is 0 Å². The van der Waals surface area contributed by atoms with Gasteiger partial charge in [-0.25, -0.2) is 0 Å². The number of benzene rings is 1. The molecule has 0 saturated carbocycles. The number of rotatable bonds is 4. The minimum atomic E-state index is -0.496. The Kier molecular flexibility index (Phi) is 3.90. The van der Waals surface area contributed by atoms with E-state index in [0.29, 0.717) is 17.1 Å². The highest BCUT2D eigenvalue weighted by molar-refractivity contribution is 5.92. The van der Waals surface area contributed by atoms with Gasteiger partial charge < -0.3 is 11.1 Å². The summed E-state index contributed by atoms with van der Waals surface area (Å²) in [4.78, 5) is 25.8. The van der Waals surface area contributed by atoms with Gasteiger partial charge in [0.15, 0.2) is 0 Å². The van der Waals surface area contributed by atoms with Gasteiger partial charge in [0.25, 0.3) is 5.69 Å². The van der Waals surface area contributed by atoms with E-state index in [1.54, 1.807) is 12.1 Å². The number of nitro benzene ring substituents is 1. The lowest BCUT2D eigenvalue weighted by Gasteiger charge is -2.04. The summed E-state index contributed by atoms with van der Waals surface area (Å²) >= 11 is 0. The molecule has 0 aliphatic carbocycles. The smallest absolute Gasteiger partial charge is 0.269 e. The second-order valence-electron chi connectivity index (χ2n) is 4.11. The van der Waals surface area contributed by atoms with E-state index in [2.05, 4.69) is 10.3 Å². The second-order valence-corrected chi connectivity index (χ2v) is 4.11. The maximum absolute atomic E-state index is 11.8. The van der Waals surface area contributed by atoms with E-state index in [0.717, 1.165) is 0 Å². The van der Waals surface area contributed by atoms with Gasteiger partial charge in [0, 0.05) is 23.5 Å². The zero-order chi connectivity index (χ0) is 14.5. The Morgan fingerprint density at radius 3 is 2.50 bits per heavy atom. The van der Waals surface area contributed by atoms with Crippen molar-refractivity contribution in [3.05, 3.63) is 58.4 Å². The number of anilines is 2. The molecule has 0 fully saturated rings. The lowest BCUT2D eigenvalue weighted by molar-refractivity contribution is -0.384. The maximum Gasteiger partial charge on any atom is 0.269 e. The Bertz CT molecular complexity index is 623. The molecule has 20 heavy (non-hydrogen) atoms. The number of non-ortho nitro benzene ring substituents is 1. The van der Waals surface area contributed by atoms with Crippen LogP contribution in [0.15, 0.2) is 42.6 Å². The van der Waals surface area contributed by atoms with Crippen molar-refractivity contribution < 1.29 is 9.72 Å². The number of nitrogens with one attached hydrogen (secondary N) is 1. The molecule has 0 aliphatic heterocycles. The lowest BCUT2D eigenvalue weighted by Crippen LogP contribution is -2.15. The molecule has 0 bridgehead atoms. The number of nitrogens with two attached hydrogens (primary N) is 1. The predicted octanol–water partition coefficient (Wildman–Crippen LogP) is 1.75. The molecule has 102 valence electrons. The Morgan fingerprint density at radius 2 is 1.95 bits per heavy atom. The molecule has 7 nitrogen and oxygen atoms in total. The molecule has 2 rings (SSSR count). The summed E-state index contributed by atoms with van der Waals surface area (Å²) in [6.45, 7) is 0. The SMILES string of the molecule is Nc1ccc(CC(=O)Nc2ccc([N+](=O)[O-])cc2)nc1. The van der Waals surface area contributed by atoms with Crippen LogP contribution >= 0.6 is 0 Å². The monoisotopic (exact) mass is 272 g/mol. The summed E-state index contributed by atoms with van der Waals surface area (Å²) in [7, 11) is 0. The van der Waals surface area contributed by atoms with Gasteiger partial charge in [-0.2, -0.15) is 0 Å². The molecule has 0 aliphatic rings. The van der Waals surface area contributed by atoms with Crippen LogP contribution in [-0.4, -0.2) is 15.8 Å². The van der Waals surface area contributed by atoms with Crippen LogP contribution in [-0.2, 0) is 11.2 Å². The van der Waals surface area contributed by atoms with Crippen LogP contribution in [0.4, 0.5) is 17.1 Å². The molecule has 3 N–H and O–H groups in total. The van der Waals surface area contributed by atoms with Crippen molar-refractivity contribution in [2.24, 2.45) is 0 Å². The number of carbonyl (C=O) groups is 1. The fourth-order valence-corrected chi connectivity index (χ4v) is 1.58. The van der Waals surface area contributed by atoms with Gasteiger partial charge in [-0.1, -0.05) is 0 Å². The molecule has 0 saturated heterocycles. The summed E-state index contributed by atoms with van der Waals surface area (Å²) in [5.41, 5.74) is 7.10. The van der Waals surface area contributed by atoms with Crippen LogP contribution in [0, 0.1) is 10.1 Å². The number of nitrogen functional groups attached to an aromatic ring is 1. The van der Waals surface area contributed by atoms with Gasteiger partial charge in [-0.15, -0.1) is 0 Å². The van der Waals surface area contributed by atoms with E-state index < -0.39 is 4.92 Å². The van der Waals surface area contributed by atoms with Crippen LogP contribution in [0.1, 0.15) is 5.69 Å². The van der Waals surface area contributed by atoms with Crippen LogP contribution in [0.5, 0.6) is 0 Å². The van der Waals surface area contributed by atoms with E-state index in [4.69, 9.17) is 5.73 Å². The third kappa shape index (κ3) is 3.52. The van der Waals surface area contributed by atoms with Crippen molar-refractivity contribution in [2.45, 2.75) is 6.42 Å². The summed E-state index contributed by atoms with van der Waals surface area (Å²) in [5.74, 6) is -0.254. The fraction of sp³-hybridized carbons (Fsp3) is 0.0769. The molecule has 0 radical (unpaired) electrons. The highest BCUT2D eigenvalue weighted by Crippen LogP contribution is 2.15. The molecule has 1 amide bonds. The largest absolute Gasteiger partial charge is 0.397 e. The average molecular weight is 272 g/mol. The number of carbonyl (C=O) groups excluding carboxylic acids is 1. The summed E-state index contributed by atoms with van der Waals surface area (Å²) < 4.78 is 0. The van der Waals surface area contributed by atoms with E-state index >= 15 is 0 Å². The third-order valence-corrected chi connectivity index (χ3v) is 2.55. The molecular weight excluding hydrogens is 260 g/mol. The highest BCUT2D eigenvalue weighted by atomic mass is 16.6. The van der Waals surface area contributed by atoms with Gasteiger partial charge in [0.05, 0.1) is 23.2 Å². The van der Waals surface area contributed by atoms with E-state index in [-0.39, 0.29) is 18.0 Å². The predicted molar refractivity (Wildman–Crippen MR) is 74.1 cm³/mol. The molecule has 1 heterocycles. The van der Waals surface area contributed by atoms with Crippen molar-refractivity contribution >= 4 is 23.0 Å². The number of nitrogens with zero attached hydrogens (tertiary/aromatic N) is 2.